The number of carbonyl (C=O) groups excluding carboxylic acids is 2. The van der Waals surface area contributed by atoms with Crippen LogP contribution in [0.2, 0.25) is 0 Å². The van der Waals surface area contributed by atoms with Crippen molar-refractivity contribution in [1.82, 2.24) is 4.98 Å². The van der Waals surface area contributed by atoms with Crippen LogP contribution in [-0.2, 0) is 9.59 Å². The lowest BCUT2D eigenvalue weighted by atomic mass is 9.70. The van der Waals surface area contributed by atoms with Gasteiger partial charge >= 0.3 is 0 Å². The van der Waals surface area contributed by atoms with Gasteiger partial charge < -0.3 is 5.32 Å². The summed E-state index contributed by atoms with van der Waals surface area (Å²) in [5.74, 6) is 0.271. The van der Waals surface area contributed by atoms with Gasteiger partial charge in [-0.2, -0.15) is 0 Å². The van der Waals surface area contributed by atoms with E-state index in [1.165, 1.54) is 0 Å². The molecule has 2 atom stereocenters. The van der Waals surface area contributed by atoms with Gasteiger partial charge in [-0.15, -0.1) is 0 Å². The molecule has 24 heavy (non-hydrogen) atoms. The summed E-state index contributed by atoms with van der Waals surface area (Å²) in [6, 6.07) is 9.70. The molecule has 0 radical (unpaired) electrons. The smallest absolute Gasteiger partial charge is 0.238 e. The molecule has 2 aliphatic rings. The summed E-state index contributed by atoms with van der Waals surface area (Å²) < 4.78 is 0. The van der Waals surface area contributed by atoms with Gasteiger partial charge in [0.2, 0.25) is 5.91 Å². The second-order valence-corrected chi connectivity index (χ2v) is 7.86. The van der Waals surface area contributed by atoms with Crippen LogP contribution in [0.5, 0.6) is 0 Å². The Bertz CT molecular complexity index is 871. The number of nitrogens with zero attached hydrogens (tertiary/aromatic N) is 1. The molecular formula is C20H22N2O2. The van der Waals surface area contributed by atoms with Crippen molar-refractivity contribution in [3.63, 3.8) is 0 Å². The molecule has 1 aromatic carbocycles. The number of para-hydroxylation sites is 1. The number of rotatable bonds is 2. The number of nitrogens with one attached hydrogen (secondary N) is 1. The number of amides is 1. The third-order valence-electron chi connectivity index (χ3n) is 6.10. The van der Waals surface area contributed by atoms with E-state index in [1.807, 2.05) is 51.1 Å². The number of hydrogen-bond donors (Lipinski definition) is 1. The van der Waals surface area contributed by atoms with Crippen molar-refractivity contribution in [2.45, 2.75) is 40.0 Å². The van der Waals surface area contributed by atoms with Crippen LogP contribution in [0.4, 0.5) is 5.69 Å². The average Bonchev–Trinajstić information content (AvgIpc) is 3.08. The maximum absolute atomic E-state index is 13.1. The Hall–Kier alpha value is -2.23. The fourth-order valence-corrected chi connectivity index (χ4v) is 4.57. The minimum atomic E-state index is -0.847. The predicted octanol–water partition coefficient (Wildman–Crippen LogP) is 3.88. The van der Waals surface area contributed by atoms with Crippen LogP contribution in [-0.4, -0.2) is 16.7 Å². The summed E-state index contributed by atoms with van der Waals surface area (Å²) in [6.45, 7) is 5.90. The second kappa shape index (κ2) is 4.88. The van der Waals surface area contributed by atoms with Gasteiger partial charge in [-0.1, -0.05) is 32.0 Å². The molecule has 1 amide bonds. The third kappa shape index (κ3) is 1.95. The number of hydrogen-bond acceptors (Lipinski definition) is 3. The van der Waals surface area contributed by atoms with E-state index in [0.29, 0.717) is 24.4 Å². The first kappa shape index (κ1) is 15.3. The summed E-state index contributed by atoms with van der Waals surface area (Å²) in [6.07, 6.45) is 2.31. The fourth-order valence-electron chi connectivity index (χ4n) is 4.57. The van der Waals surface area contributed by atoms with E-state index in [1.54, 1.807) is 0 Å². The zero-order valence-corrected chi connectivity index (χ0v) is 14.3. The lowest BCUT2D eigenvalue weighted by molar-refractivity contribution is -0.142. The van der Waals surface area contributed by atoms with Crippen LogP contribution in [0, 0.1) is 23.7 Å². The summed E-state index contributed by atoms with van der Waals surface area (Å²) in [4.78, 5) is 30.5. The number of carbonyl (C=O) groups is 2. The molecule has 4 heteroatoms. The Morgan fingerprint density at radius 3 is 2.75 bits per heavy atom. The van der Waals surface area contributed by atoms with Crippen LogP contribution in [0.25, 0.3) is 10.9 Å². The van der Waals surface area contributed by atoms with E-state index >= 15 is 0 Å². The first-order valence-corrected chi connectivity index (χ1v) is 8.57. The van der Waals surface area contributed by atoms with E-state index in [9.17, 15) is 9.59 Å². The zero-order chi connectivity index (χ0) is 17.1. The van der Waals surface area contributed by atoms with E-state index in [2.05, 4.69) is 10.3 Å². The molecule has 124 valence electrons. The predicted molar refractivity (Wildman–Crippen MR) is 93.7 cm³/mol. The topological polar surface area (TPSA) is 59.1 Å². The molecule has 2 unspecified atom stereocenters. The van der Waals surface area contributed by atoms with Gasteiger partial charge in [0.15, 0.2) is 5.78 Å². The Morgan fingerprint density at radius 1 is 1.25 bits per heavy atom. The molecule has 2 saturated carbocycles. The molecule has 0 aliphatic heterocycles. The summed E-state index contributed by atoms with van der Waals surface area (Å²) >= 11 is 0. The minimum Gasteiger partial charge on any atom is -0.323 e. The van der Waals surface area contributed by atoms with Gasteiger partial charge in [-0.25, -0.2) is 0 Å². The largest absolute Gasteiger partial charge is 0.323 e. The van der Waals surface area contributed by atoms with Gasteiger partial charge in [0.05, 0.1) is 11.2 Å². The third-order valence-corrected chi connectivity index (χ3v) is 6.10. The number of pyridine rings is 1. The molecule has 2 aromatic rings. The second-order valence-electron chi connectivity index (χ2n) is 7.86. The van der Waals surface area contributed by atoms with E-state index in [0.717, 1.165) is 23.0 Å². The molecule has 2 bridgehead atoms. The van der Waals surface area contributed by atoms with Crippen LogP contribution in [0.1, 0.15) is 38.8 Å². The van der Waals surface area contributed by atoms with Gasteiger partial charge in [0, 0.05) is 16.5 Å². The van der Waals surface area contributed by atoms with Gasteiger partial charge in [0.1, 0.15) is 5.41 Å². The summed E-state index contributed by atoms with van der Waals surface area (Å²) in [5, 5.41) is 4.00. The minimum absolute atomic E-state index is 0.105. The number of fused-ring (bicyclic) bond motifs is 3. The zero-order valence-electron chi connectivity index (χ0n) is 14.3. The fraction of sp³-hybridized carbons (Fsp3) is 0.450. The number of benzene rings is 1. The molecule has 2 fully saturated rings. The lowest BCUT2D eigenvalue weighted by Gasteiger charge is -2.32. The molecule has 0 spiro atoms. The maximum Gasteiger partial charge on any atom is 0.238 e. The van der Waals surface area contributed by atoms with Crippen LogP contribution in [0.3, 0.4) is 0 Å². The Balaban J connectivity index is 1.71. The normalized spacial score (nSPS) is 27.6. The van der Waals surface area contributed by atoms with Crippen LogP contribution >= 0.6 is 0 Å². The summed E-state index contributed by atoms with van der Waals surface area (Å²) in [7, 11) is 0. The van der Waals surface area contributed by atoms with Gasteiger partial charge in [-0.3, -0.25) is 14.6 Å². The molecule has 1 heterocycles. The highest BCUT2D eigenvalue weighted by Gasteiger charge is 2.65. The highest BCUT2D eigenvalue weighted by molar-refractivity contribution is 6.16. The van der Waals surface area contributed by atoms with Crippen molar-refractivity contribution >= 4 is 28.3 Å². The molecule has 0 saturated heterocycles. The maximum atomic E-state index is 13.1. The Kier molecular flexibility index (Phi) is 3.11. The van der Waals surface area contributed by atoms with Crippen LogP contribution in [0.15, 0.2) is 30.3 Å². The number of aromatic nitrogens is 1. The monoisotopic (exact) mass is 322 g/mol. The molecule has 2 aliphatic carbocycles. The SMILES string of the molecule is Cc1ccc2cccc(NC(=O)C34CCC(C3)C(C)(C)C4=O)c2n1. The average molecular weight is 322 g/mol. The number of aryl methyl sites for hydroxylation is 1. The first-order chi connectivity index (χ1) is 11.3. The number of Topliss-reactive ketones (excluding diaryl/α,β-unsaturated/α-hetero) is 1. The molecule has 4 nitrogen and oxygen atoms in total. The van der Waals surface area contributed by atoms with Crippen molar-refractivity contribution in [2.75, 3.05) is 5.32 Å². The lowest BCUT2D eigenvalue weighted by Crippen LogP contribution is -2.44. The standard InChI is InChI=1S/C20H22N2O2/c1-12-7-8-13-5-4-6-15(16(13)21-12)22-18(24)20-10-9-14(11-20)19(2,3)17(20)23/h4-8,14H,9-11H2,1-3H3,(H,22,24). The van der Waals surface area contributed by atoms with Gasteiger partial charge in [0.25, 0.3) is 0 Å². The van der Waals surface area contributed by atoms with Gasteiger partial charge in [-0.05, 0) is 44.2 Å². The highest BCUT2D eigenvalue weighted by atomic mass is 16.2. The van der Waals surface area contributed by atoms with E-state index < -0.39 is 5.41 Å². The van der Waals surface area contributed by atoms with E-state index in [-0.39, 0.29) is 17.1 Å². The van der Waals surface area contributed by atoms with Crippen molar-refractivity contribution in [2.24, 2.45) is 16.7 Å². The number of ketones is 1. The number of anilines is 1. The summed E-state index contributed by atoms with van der Waals surface area (Å²) in [5.41, 5.74) is 1.14. The van der Waals surface area contributed by atoms with Crippen molar-refractivity contribution in [3.05, 3.63) is 36.0 Å². The highest BCUT2D eigenvalue weighted by Crippen LogP contribution is 2.60. The molecule has 1 N–H and O–H groups in total. The quantitative estimate of drug-likeness (QED) is 0.854. The molecule has 1 aromatic heterocycles. The van der Waals surface area contributed by atoms with Crippen molar-refractivity contribution < 1.29 is 9.59 Å². The Morgan fingerprint density at radius 2 is 2.04 bits per heavy atom. The molecular weight excluding hydrogens is 300 g/mol. The Labute approximate surface area is 141 Å². The first-order valence-electron chi connectivity index (χ1n) is 8.57. The molecule has 4 rings (SSSR count). The van der Waals surface area contributed by atoms with E-state index in [4.69, 9.17) is 0 Å². The van der Waals surface area contributed by atoms with Crippen LogP contribution < -0.4 is 5.32 Å². The van der Waals surface area contributed by atoms with Crippen molar-refractivity contribution in [1.29, 1.82) is 0 Å². The van der Waals surface area contributed by atoms with Crippen molar-refractivity contribution in [3.8, 4) is 0 Å².